The third kappa shape index (κ3) is 4.98. The van der Waals surface area contributed by atoms with Crippen molar-refractivity contribution in [1.82, 2.24) is 9.38 Å². The van der Waals surface area contributed by atoms with Gasteiger partial charge in [-0.15, -0.1) is 0 Å². The lowest BCUT2D eigenvalue weighted by Crippen LogP contribution is -2.00. The van der Waals surface area contributed by atoms with Gasteiger partial charge in [0, 0.05) is 29.5 Å². The summed E-state index contributed by atoms with van der Waals surface area (Å²) in [6.45, 7) is 0.304. The maximum Gasteiger partial charge on any atom is 0.212 e. The van der Waals surface area contributed by atoms with Gasteiger partial charge in [0.25, 0.3) is 0 Å². The third-order valence-electron chi connectivity index (χ3n) is 3.63. The fourth-order valence-electron chi connectivity index (χ4n) is 2.30. The van der Waals surface area contributed by atoms with Crippen LogP contribution in [0.4, 0.5) is 9.70 Å². The largest absolute Gasteiger partial charge is 0.492 e. The molecule has 0 atom stereocenters. The molecule has 3 aromatic rings. The van der Waals surface area contributed by atoms with Crippen molar-refractivity contribution < 1.29 is 13.4 Å². The highest BCUT2D eigenvalue weighted by Gasteiger charge is 2.08. The summed E-state index contributed by atoms with van der Waals surface area (Å²) < 4.78 is 19.6. The van der Waals surface area contributed by atoms with Crippen LogP contribution in [-0.4, -0.2) is 28.2 Å². The summed E-state index contributed by atoms with van der Waals surface area (Å²) >= 11 is 0.259. The first-order valence-corrected chi connectivity index (χ1v) is 9.35. The Morgan fingerprint density at radius 1 is 1.19 bits per heavy atom. The van der Waals surface area contributed by atoms with E-state index in [0.29, 0.717) is 24.6 Å². The maximum absolute atomic E-state index is 12.2. The zero-order valence-electron chi connectivity index (χ0n) is 14.2. The van der Waals surface area contributed by atoms with Crippen LogP contribution in [0.2, 0.25) is 0 Å². The number of ether oxygens (including phenoxy) is 1. The molecule has 26 heavy (non-hydrogen) atoms. The number of benzene rings is 1. The van der Waals surface area contributed by atoms with Gasteiger partial charge in [0.1, 0.15) is 11.4 Å². The Morgan fingerprint density at radius 2 is 2.00 bits per heavy atom. The van der Waals surface area contributed by atoms with Gasteiger partial charge < -0.3 is 14.5 Å². The number of halogens is 1. The Bertz CT molecular complexity index is 864. The Balaban J connectivity index is 0.000000592. The number of anilines is 1. The van der Waals surface area contributed by atoms with E-state index in [4.69, 9.17) is 4.74 Å². The standard InChI is InChI=1S/C16H14FN3O2S.C3H6/c17-23-8-7-22-14-4-2-1-3-13(14)12-5-6-16-19-15(18-11-21)10-20(16)9-12;1-2-3-1/h1-6,9-11H,7-8H2,(H,18,21);1-3H2. The molecule has 1 aliphatic rings. The van der Waals surface area contributed by atoms with E-state index in [1.54, 1.807) is 6.20 Å². The summed E-state index contributed by atoms with van der Waals surface area (Å²) in [6, 6.07) is 11.4. The normalized spacial score (nSPS) is 12.2. The first kappa shape index (κ1) is 18.3. The molecule has 1 amide bonds. The quantitative estimate of drug-likeness (QED) is 0.480. The fourth-order valence-corrected chi connectivity index (χ4v) is 2.44. The lowest BCUT2D eigenvalue weighted by atomic mass is 10.1. The Morgan fingerprint density at radius 3 is 2.73 bits per heavy atom. The number of nitrogens with one attached hydrogen (secondary N) is 1. The SMILES string of the molecule is C1CC1.O=CNc1cn2cc(-c3ccccc3OCCSF)ccc2n1. The van der Waals surface area contributed by atoms with Crippen LogP contribution >= 0.6 is 12.1 Å². The molecule has 1 fully saturated rings. The number of hydrogen-bond donors (Lipinski definition) is 1. The molecule has 0 saturated heterocycles. The molecule has 4 rings (SSSR count). The number of pyridine rings is 1. The van der Waals surface area contributed by atoms with Crippen LogP contribution in [0.25, 0.3) is 16.8 Å². The van der Waals surface area contributed by atoms with Gasteiger partial charge in [-0.3, -0.25) is 4.79 Å². The topological polar surface area (TPSA) is 55.6 Å². The first-order valence-electron chi connectivity index (χ1n) is 8.46. The van der Waals surface area contributed by atoms with Crippen LogP contribution in [-0.2, 0) is 4.79 Å². The average Bonchev–Trinajstić information content (AvgIpc) is 3.49. The van der Waals surface area contributed by atoms with Crippen LogP contribution < -0.4 is 10.1 Å². The third-order valence-corrected chi connectivity index (χ3v) is 3.95. The van der Waals surface area contributed by atoms with Gasteiger partial charge in [0.15, 0.2) is 5.82 Å². The monoisotopic (exact) mass is 373 g/mol. The van der Waals surface area contributed by atoms with Crippen LogP contribution in [0.3, 0.4) is 0 Å². The Kier molecular flexibility index (Phi) is 6.49. The molecule has 2 heterocycles. The van der Waals surface area contributed by atoms with Gasteiger partial charge >= 0.3 is 0 Å². The molecule has 1 aromatic carbocycles. The molecule has 0 radical (unpaired) electrons. The van der Waals surface area contributed by atoms with Gasteiger partial charge in [-0.05, 0) is 18.2 Å². The van der Waals surface area contributed by atoms with E-state index in [2.05, 4.69) is 10.3 Å². The number of amides is 1. The van der Waals surface area contributed by atoms with E-state index in [0.717, 1.165) is 16.8 Å². The van der Waals surface area contributed by atoms with Crippen LogP contribution in [0.1, 0.15) is 19.3 Å². The predicted octanol–water partition coefficient (Wildman–Crippen LogP) is 4.74. The maximum atomic E-state index is 12.2. The molecule has 136 valence electrons. The van der Waals surface area contributed by atoms with Crippen LogP contribution in [0.15, 0.2) is 48.8 Å². The van der Waals surface area contributed by atoms with Crippen molar-refractivity contribution in [3.05, 3.63) is 48.8 Å². The minimum absolute atomic E-state index is 0.259. The fraction of sp³-hybridized carbons (Fsp3) is 0.263. The minimum Gasteiger partial charge on any atom is -0.492 e. The van der Waals surface area contributed by atoms with E-state index in [1.165, 1.54) is 19.3 Å². The summed E-state index contributed by atoms with van der Waals surface area (Å²) in [6.07, 6.45) is 8.73. The summed E-state index contributed by atoms with van der Waals surface area (Å²) in [7, 11) is 0. The summed E-state index contributed by atoms with van der Waals surface area (Å²) in [5, 5.41) is 2.53. The number of rotatable bonds is 7. The van der Waals surface area contributed by atoms with E-state index in [1.807, 2.05) is 47.0 Å². The summed E-state index contributed by atoms with van der Waals surface area (Å²) in [4.78, 5) is 14.8. The van der Waals surface area contributed by atoms with Crippen molar-refractivity contribution in [2.75, 3.05) is 17.7 Å². The lowest BCUT2D eigenvalue weighted by molar-refractivity contribution is -0.105. The zero-order chi connectivity index (χ0) is 18.2. The summed E-state index contributed by atoms with van der Waals surface area (Å²) in [5.41, 5.74) is 2.58. The second kappa shape index (κ2) is 9.24. The molecule has 0 spiro atoms. The number of fused-ring (bicyclic) bond motifs is 1. The number of carbonyl (C=O) groups excluding carboxylic acids is 1. The number of carbonyl (C=O) groups is 1. The van der Waals surface area contributed by atoms with E-state index in [-0.39, 0.29) is 17.9 Å². The first-order chi connectivity index (χ1) is 12.8. The van der Waals surface area contributed by atoms with Crippen molar-refractivity contribution in [1.29, 1.82) is 0 Å². The van der Waals surface area contributed by atoms with Crippen LogP contribution in [0, 0.1) is 0 Å². The molecule has 0 aliphatic heterocycles. The van der Waals surface area contributed by atoms with Gasteiger partial charge in [0.05, 0.1) is 18.6 Å². The van der Waals surface area contributed by atoms with E-state index >= 15 is 0 Å². The van der Waals surface area contributed by atoms with Crippen molar-refractivity contribution in [2.24, 2.45) is 0 Å². The molecular formula is C19H20FN3O2S. The van der Waals surface area contributed by atoms with Gasteiger partial charge in [-0.25, -0.2) is 4.98 Å². The molecule has 2 aromatic heterocycles. The molecule has 7 heteroatoms. The molecule has 1 N–H and O–H groups in total. The Labute approximate surface area is 155 Å². The number of hydrogen-bond acceptors (Lipinski definition) is 4. The summed E-state index contributed by atoms with van der Waals surface area (Å²) in [5.74, 6) is 1.48. The highest BCUT2D eigenvalue weighted by molar-refractivity contribution is 7.94. The van der Waals surface area contributed by atoms with Crippen LogP contribution in [0.5, 0.6) is 5.75 Å². The van der Waals surface area contributed by atoms with Crippen molar-refractivity contribution in [3.8, 4) is 16.9 Å². The molecule has 0 unspecified atom stereocenters. The zero-order valence-corrected chi connectivity index (χ0v) is 15.0. The second-order valence-electron chi connectivity index (χ2n) is 5.79. The lowest BCUT2D eigenvalue weighted by Gasteiger charge is -2.11. The van der Waals surface area contributed by atoms with Crippen molar-refractivity contribution in [3.63, 3.8) is 0 Å². The van der Waals surface area contributed by atoms with Crippen molar-refractivity contribution >= 4 is 30.0 Å². The number of aromatic nitrogens is 2. The van der Waals surface area contributed by atoms with E-state index < -0.39 is 0 Å². The number of para-hydroxylation sites is 1. The number of nitrogens with zero attached hydrogens (tertiary/aromatic N) is 2. The molecule has 1 aliphatic carbocycles. The second-order valence-corrected chi connectivity index (χ2v) is 6.42. The molecule has 5 nitrogen and oxygen atoms in total. The highest BCUT2D eigenvalue weighted by atomic mass is 32.2. The minimum atomic E-state index is 0.259. The van der Waals surface area contributed by atoms with Gasteiger partial charge in [0.2, 0.25) is 6.41 Å². The van der Waals surface area contributed by atoms with Gasteiger partial charge in [-0.2, -0.15) is 3.89 Å². The molecular weight excluding hydrogens is 353 g/mol. The van der Waals surface area contributed by atoms with Gasteiger partial charge in [-0.1, -0.05) is 37.5 Å². The highest BCUT2D eigenvalue weighted by Crippen LogP contribution is 2.30. The van der Waals surface area contributed by atoms with Crippen molar-refractivity contribution in [2.45, 2.75) is 19.3 Å². The molecule has 0 bridgehead atoms. The average molecular weight is 373 g/mol. The molecule has 1 saturated carbocycles. The van der Waals surface area contributed by atoms with E-state index in [9.17, 15) is 8.68 Å². The smallest absolute Gasteiger partial charge is 0.212 e. The predicted molar refractivity (Wildman–Crippen MR) is 103 cm³/mol. The number of imidazole rings is 1. The Hall–Kier alpha value is -2.54.